The van der Waals surface area contributed by atoms with E-state index in [0.717, 1.165) is 12.8 Å². The largest absolute Gasteiger partial charge is 0.522 e. The normalized spacial score (nSPS) is 34.8. The number of hydrogen-bond acceptors (Lipinski definition) is 8. The maximum atomic E-state index is 13.4. The second kappa shape index (κ2) is 10.5. The van der Waals surface area contributed by atoms with E-state index in [0.29, 0.717) is 32.6 Å². The van der Waals surface area contributed by atoms with E-state index in [1.165, 1.54) is 4.90 Å². The monoisotopic (exact) mass is 544 g/mol. The molecule has 0 radical (unpaired) electrons. The van der Waals surface area contributed by atoms with Crippen LogP contribution in [-0.2, 0) is 33.4 Å². The number of hydrogen-bond donors (Lipinski definition) is 3. The van der Waals surface area contributed by atoms with Gasteiger partial charge in [0.2, 0.25) is 11.8 Å². The number of amides is 4. The van der Waals surface area contributed by atoms with Gasteiger partial charge in [-0.1, -0.05) is 6.42 Å². The van der Waals surface area contributed by atoms with Crippen molar-refractivity contribution in [2.24, 2.45) is 29.6 Å². The van der Waals surface area contributed by atoms with Gasteiger partial charge in [0.05, 0.1) is 25.3 Å². The van der Waals surface area contributed by atoms with E-state index in [2.05, 4.69) is 20.7 Å². The summed E-state index contributed by atoms with van der Waals surface area (Å²) in [5.74, 6) is -4.57. The molecule has 0 spiro atoms. The average molecular weight is 545 g/mol. The fourth-order valence-corrected chi connectivity index (χ4v) is 6.76. The lowest BCUT2D eigenvalue weighted by molar-refractivity contribution is -0.321. The molecular weight excluding hydrogens is 513 g/mol. The first-order valence-corrected chi connectivity index (χ1v) is 13.0. The lowest BCUT2D eigenvalue weighted by atomic mass is 9.91. The van der Waals surface area contributed by atoms with Crippen LogP contribution in [-0.4, -0.2) is 91.7 Å². The van der Waals surface area contributed by atoms with E-state index in [1.807, 2.05) is 0 Å². The third-order valence-electron chi connectivity index (χ3n) is 8.71. The number of halogens is 3. The van der Waals surface area contributed by atoms with Crippen LogP contribution in [0.15, 0.2) is 0 Å². The number of imide groups is 1. The Kier molecular flexibility index (Phi) is 7.48. The SMILES string of the molecule is O=C(NC(=O)C1C2CCCC2CN1[C@@H](C[C@@H]1CCNC1=O)C(=O)COC(F)(F)F)C(=O)NC1[C@H]2COC[C@H]12. The summed E-state index contributed by atoms with van der Waals surface area (Å²) in [6, 6.07) is -2.37. The van der Waals surface area contributed by atoms with Crippen LogP contribution < -0.4 is 16.0 Å². The summed E-state index contributed by atoms with van der Waals surface area (Å²) in [5.41, 5.74) is 0. The fraction of sp³-hybridized carbons (Fsp3) is 0.792. The average Bonchev–Trinajstić information content (AvgIpc) is 3.41. The molecule has 210 valence electrons. The van der Waals surface area contributed by atoms with Gasteiger partial charge in [0, 0.05) is 36.9 Å². The fourth-order valence-electron chi connectivity index (χ4n) is 6.76. The number of rotatable bonds is 8. The molecule has 0 aromatic carbocycles. The topological polar surface area (TPSA) is 143 Å². The van der Waals surface area contributed by atoms with Crippen LogP contribution in [0.25, 0.3) is 0 Å². The van der Waals surface area contributed by atoms with Gasteiger partial charge in [-0.3, -0.25) is 38.9 Å². The number of ether oxygens (including phenoxy) is 2. The Morgan fingerprint density at radius 3 is 2.47 bits per heavy atom. The number of ketones is 1. The lowest BCUT2D eigenvalue weighted by Crippen LogP contribution is -2.56. The van der Waals surface area contributed by atoms with Crippen molar-refractivity contribution in [3.05, 3.63) is 0 Å². The molecule has 38 heavy (non-hydrogen) atoms. The van der Waals surface area contributed by atoms with Crippen molar-refractivity contribution in [3.8, 4) is 0 Å². The van der Waals surface area contributed by atoms with Gasteiger partial charge in [0.15, 0.2) is 5.78 Å². The molecule has 2 saturated carbocycles. The Labute approximate surface area is 216 Å². The standard InChI is InChI=1S/C24H31F3N4O7/c25-24(26,27)38-10-17(32)16(6-11-4-5-28-20(11)33)31-7-12-2-1-3-13(12)19(31)21(34)30-23(36)22(35)29-18-14-8-37-9-15(14)18/h11-16,18-19H,1-10H2,(H,28,33)(H,29,35)(H,30,34,36)/t11-,12?,13?,14-,15-,16-,19?/m0/s1. The maximum absolute atomic E-state index is 13.4. The Hall–Kier alpha value is -2.58. The van der Waals surface area contributed by atoms with Crippen molar-refractivity contribution in [1.29, 1.82) is 0 Å². The van der Waals surface area contributed by atoms with Gasteiger partial charge in [0.25, 0.3) is 0 Å². The second-order valence-electron chi connectivity index (χ2n) is 10.9. The molecule has 3 N–H and O–H groups in total. The third kappa shape index (κ3) is 5.57. The highest BCUT2D eigenvalue weighted by Gasteiger charge is 2.56. The summed E-state index contributed by atoms with van der Waals surface area (Å²) >= 11 is 0. The molecule has 3 heterocycles. The molecule has 11 nitrogen and oxygen atoms in total. The molecule has 5 aliphatic rings. The minimum Gasteiger partial charge on any atom is -0.381 e. The van der Waals surface area contributed by atoms with Gasteiger partial charge >= 0.3 is 18.2 Å². The lowest BCUT2D eigenvalue weighted by Gasteiger charge is -2.34. The quantitative estimate of drug-likeness (QED) is 0.347. The maximum Gasteiger partial charge on any atom is 0.522 e. The summed E-state index contributed by atoms with van der Waals surface area (Å²) in [6.07, 6.45) is -2.46. The molecule has 14 heteroatoms. The third-order valence-corrected chi connectivity index (χ3v) is 8.71. The van der Waals surface area contributed by atoms with Crippen molar-refractivity contribution in [2.75, 3.05) is 32.9 Å². The Morgan fingerprint density at radius 2 is 1.82 bits per heavy atom. The molecule has 0 aromatic heterocycles. The van der Waals surface area contributed by atoms with Gasteiger partial charge in [-0.15, -0.1) is 13.2 Å². The van der Waals surface area contributed by atoms with Gasteiger partial charge < -0.3 is 15.4 Å². The van der Waals surface area contributed by atoms with Gasteiger partial charge in [0.1, 0.15) is 6.61 Å². The zero-order valence-electron chi connectivity index (χ0n) is 20.6. The van der Waals surface area contributed by atoms with Crippen LogP contribution >= 0.6 is 0 Å². The van der Waals surface area contributed by atoms with E-state index < -0.39 is 54.5 Å². The van der Waals surface area contributed by atoms with Crippen molar-refractivity contribution in [3.63, 3.8) is 0 Å². The number of carbonyl (C=O) groups excluding carboxylic acids is 5. The molecule has 3 aliphatic heterocycles. The van der Waals surface area contributed by atoms with E-state index in [9.17, 15) is 37.1 Å². The molecule has 3 unspecified atom stereocenters. The molecule has 3 saturated heterocycles. The molecule has 0 aromatic rings. The Morgan fingerprint density at radius 1 is 1.08 bits per heavy atom. The van der Waals surface area contributed by atoms with E-state index in [-0.39, 0.29) is 48.6 Å². The molecule has 4 amide bonds. The molecule has 5 rings (SSSR count). The first kappa shape index (κ1) is 27.0. The smallest absolute Gasteiger partial charge is 0.381 e. The van der Waals surface area contributed by atoms with Crippen molar-refractivity contribution >= 4 is 29.4 Å². The number of fused-ring (bicyclic) bond motifs is 2. The highest BCUT2D eigenvalue weighted by Crippen LogP contribution is 2.45. The number of Topliss-reactive ketones (excluding diaryl/α,β-unsaturated/α-hetero) is 1. The first-order valence-electron chi connectivity index (χ1n) is 13.0. The number of likely N-dealkylation sites (tertiary alicyclic amines) is 1. The molecule has 2 aliphatic carbocycles. The van der Waals surface area contributed by atoms with Crippen LogP contribution in [0.2, 0.25) is 0 Å². The Bertz CT molecular complexity index is 998. The number of nitrogens with one attached hydrogen (secondary N) is 3. The second-order valence-corrected chi connectivity index (χ2v) is 10.9. The molecule has 7 atom stereocenters. The van der Waals surface area contributed by atoms with Crippen LogP contribution in [0.1, 0.15) is 32.1 Å². The summed E-state index contributed by atoms with van der Waals surface area (Å²) in [7, 11) is 0. The van der Waals surface area contributed by atoms with E-state index in [4.69, 9.17) is 4.74 Å². The van der Waals surface area contributed by atoms with Gasteiger partial charge in [-0.05, 0) is 37.5 Å². The predicted octanol–water partition coefficient (Wildman–Crippen LogP) is -0.509. The number of nitrogens with zero attached hydrogens (tertiary/aromatic N) is 1. The van der Waals surface area contributed by atoms with E-state index >= 15 is 0 Å². The zero-order valence-corrected chi connectivity index (χ0v) is 20.6. The Balaban J connectivity index is 1.30. The van der Waals surface area contributed by atoms with Crippen LogP contribution in [0.3, 0.4) is 0 Å². The van der Waals surface area contributed by atoms with Gasteiger partial charge in [-0.25, -0.2) is 0 Å². The van der Waals surface area contributed by atoms with E-state index in [1.54, 1.807) is 0 Å². The first-order chi connectivity index (χ1) is 18.0. The summed E-state index contributed by atoms with van der Waals surface area (Å²) in [5, 5.41) is 7.42. The van der Waals surface area contributed by atoms with Crippen molar-refractivity contribution in [2.45, 2.75) is 56.6 Å². The zero-order chi connectivity index (χ0) is 27.2. The van der Waals surface area contributed by atoms with Crippen molar-refractivity contribution in [1.82, 2.24) is 20.9 Å². The molecule has 5 fully saturated rings. The van der Waals surface area contributed by atoms with Crippen molar-refractivity contribution < 1.29 is 46.6 Å². The summed E-state index contributed by atoms with van der Waals surface area (Å²) in [4.78, 5) is 65.2. The van der Waals surface area contributed by atoms with Gasteiger partial charge in [-0.2, -0.15) is 0 Å². The minimum atomic E-state index is -5.02. The number of carbonyl (C=O) groups is 5. The summed E-state index contributed by atoms with van der Waals surface area (Å²) < 4.78 is 47.2. The minimum absolute atomic E-state index is 0.00300. The molecule has 0 bridgehead atoms. The van der Waals surface area contributed by atoms with Crippen LogP contribution in [0.5, 0.6) is 0 Å². The predicted molar refractivity (Wildman–Crippen MR) is 121 cm³/mol. The highest BCUT2D eigenvalue weighted by molar-refractivity contribution is 6.38. The van der Waals surface area contributed by atoms with Crippen LogP contribution in [0, 0.1) is 29.6 Å². The number of alkyl halides is 3. The summed E-state index contributed by atoms with van der Waals surface area (Å²) in [6.45, 7) is 0.394. The highest BCUT2D eigenvalue weighted by atomic mass is 19.4. The van der Waals surface area contributed by atoms with Crippen LogP contribution in [0.4, 0.5) is 13.2 Å². The molecular formula is C24H31F3N4O7.